The number of halogens is 1. The van der Waals surface area contributed by atoms with Crippen LogP contribution in [0.15, 0.2) is 0 Å². The maximum absolute atomic E-state index is 12.0. The van der Waals surface area contributed by atoms with Crippen molar-refractivity contribution in [2.24, 2.45) is 0 Å². The molecule has 21 heavy (non-hydrogen) atoms. The highest BCUT2D eigenvalue weighted by Crippen LogP contribution is 2.54. The Morgan fingerprint density at radius 2 is 1.95 bits per heavy atom. The number of fused-ring (bicyclic) bond motifs is 1. The van der Waals surface area contributed by atoms with Gasteiger partial charge in [-0.25, -0.2) is 4.79 Å². The Labute approximate surface area is 128 Å². The summed E-state index contributed by atoms with van der Waals surface area (Å²) >= 11 is 5.98. The molecule has 6 nitrogen and oxygen atoms in total. The summed E-state index contributed by atoms with van der Waals surface area (Å²) < 4.78 is 15.5. The van der Waals surface area contributed by atoms with Gasteiger partial charge in [0, 0.05) is 29.5 Å². The molecule has 1 aliphatic heterocycles. The molecule has 1 aliphatic rings. The van der Waals surface area contributed by atoms with E-state index in [1.807, 2.05) is 0 Å². The summed E-state index contributed by atoms with van der Waals surface area (Å²) in [6, 6.07) is 0. The fourth-order valence-corrected chi connectivity index (χ4v) is 3.03. The van der Waals surface area contributed by atoms with Crippen molar-refractivity contribution in [2.75, 3.05) is 38.7 Å². The van der Waals surface area contributed by atoms with Crippen LogP contribution in [-0.4, -0.2) is 45.0 Å². The van der Waals surface area contributed by atoms with Gasteiger partial charge >= 0.3 is 6.09 Å². The largest absolute Gasteiger partial charge is 0.504 e. The SMILES string of the molecule is COC(=O)N1C[C@@H](CCl)c2c(O)c(OC)c(C)c(OC)c21. The van der Waals surface area contributed by atoms with Crippen molar-refractivity contribution >= 4 is 23.4 Å². The molecule has 1 aromatic carbocycles. The van der Waals surface area contributed by atoms with E-state index in [9.17, 15) is 9.90 Å². The summed E-state index contributed by atoms with van der Waals surface area (Å²) in [5.74, 6) is 0.820. The minimum Gasteiger partial charge on any atom is -0.504 e. The van der Waals surface area contributed by atoms with E-state index in [1.54, 1.807) is 6.92 Å². The number of hydrogen-bond acceptors (Lipinski definition) is 5. The first-order valence-electron chi connectivity index (χ1n) is 6.40. The summed E-state index contributed by atoms with van der Waals surface area (Å²) in [6.45, 7) is 2.07. The molecule has 0 saturated carbocycles. The fourth-order valence-electron chi connectivity index (χ4n) is 2.77. The van der Waals surface area contributed by atoms with Gasteiger partial charge < -0.3 is 19.3 Å². The molecule has 1 atom stereocenters. The molecule has 1 amide bonds. The fraction of sp³-hybridized carbons (Fsp3) is 0.500. The van der Waals surface area contributed by atoms with Crippen LogP contribution in [0.5, 0.6) is 17.2 Å². The number of aromatic hydroxyl groups is 1. The van der Waals surface area contributed by atoms with Crippen LogP contribution < -0.4 is 14.4 Å². The number of ether oxygens (including phenoxy) is 3. The minimum absolute atomic E-state index is 0.0112. The number of nitrogens with zero attached hydrogens (tertiary/aromatic N) is 1. The number of amides is 1. The lowest BCUT2D eigenvalue weighted by molar-refractivity contribution is 0.179. The van der Waals surface area contributed by atoms with Gasteiger partial charge in [-0.2, -0.15) is 0 Å². The Kier molecular flexibility index (Phi) is 4.37. The standard InChI is InChI=1S/C14H18ClNO5/c1-7-12(19-2)10-9(11(17)13(7)20-3)8(5-15)6-16(10)14(18)21-4/h8,17H,5-6H2,1-4H3/t8-/m1/s1. The Hall–Kier alpha value is -1.82. The first-order valence-corrected chi connectivity index (χ1v) is 6.94. The number of phenolic OH excluding ortho intramolecular Hbond substituents is 1. The average Bonchev–Trinajstić information content (AvgIpc) is 2.87. The molecule has 2 rings (SSSR count). The van der Waals surface area contributed by atoms with Crippen molar-refractivity contribution in [3.05, 3.63) is 11.1 Å². The summed E-state index contributed by atoms with van der Waals surface area (Å²) in [5.41, 5.74) is 1.65. The highest BCUT2D eigenvalue weighted by molar-refractivity contribution is 6.18. The van der Waals surface area contributed by atoms with Crippen LogP contribution in [0.1, 0.15) is 17.0 Å². The normalized spacial score (nSPS) is 16.6. The van der Waals surface area contributed by atoms with Gasteiger partial charge in [0.25, 0.3) is 0 Å². The molecular formula is C14H18ClNO5. The first-order chi connectivity index (χ1) is 10.0. The number of carbonyl (C=O) groups excluding carboxylic acids is 1. The summed E-state index contributed by atoms with van der Waals surface area (Å²) in [7, 11) is 4.28. The summed E-state index contributed by atoms with van der Waals surface area (Å²) in [5, 5.41) is 10.5. The monoisotopic (exact) mass is 315 g/mol. The van der Waals surface area contributed by atoms with Crippen LogP contribution in [-0.2, 0) is 4.74 Å². The topological polar surface area (TPSA) is 68.2 Å². The van der Waals surface area contributed by atoms with Crippen molar-refractivity contribution in [3.63, 3.8) is 0 Å². The molecule has 0 bridgehead atoms. The predicted molar refractivity (Wildman–Crippen MR) is 79.2 cm³/mol. The molecule has 7 heteroatoms. The predicted octanol–water partition coefficient (Wildman–Crippen LogP) is 2.63. The van der Waals surface area contributed by atoms with Gasteiger partial charge in [0.2, 0.25) is 0 Å². The van der Waals surface area contributed by atoms with Gasteiger partial charge in [0.1, 0.15) is 5.75 Å². The summed E-state index contributed by atoms with van der Waals surface area (Å²) in [6.07, 6.45) is -0.522. The molecule has 0 spiro atoms. The highest BCUT2D eigenvalue weighted by atomic mass is 35.5. The number of methoxy groups -OCH3 is 3. The summed E-state index contributed by atoms with van der Waals surface area (Å²) in [4.78, 5) is 13.4. The Morgan fingerprint density at radius 1 is 1.33 bits per heavy atom. The number of rotatable bonds is 3. The molecule has 0 radical (unpaired) electrons. The lowest BCUT2D eigenvalue weighted by Crippen LogP contribution is -2.30. The van der Waals surface area contributed by atoms with Crippen LogP contribution in [0.3, 0.4) is 0 Å². The molecule has 0 saturated heterocycles. The third-order valence-corrected chi connectivity index (χ3v) is 4.06. The van der Waals surface area contributed by atoms with Gasteiger partial charge in [-0.15, -0.1) is 11.6 Å². The van der Waals surface area contributed by atoms with E-state index in [4.69, 9.17) is 25.8 Å². The molecule has 1 aromatic rings. The van der Waals surface area contributed by atoms with E-state index in [-0.39, 0.29) is 17.5 Å². The molecule has 0 aliphatic carbocycles. The van der Waals surface area contributed by atoms with Crippen LogP contribution in [0.2, 0.25) is 0 Å². The Balaban J connectivity index is 2.76. The zero-order valence-corrected chi connectivity index (χ0v) is 13.2. The van der Waals surface area contributed by atoms with E-state index in [2.05, 4.69) is 0 Å². The second kappa shape index (κ2) is 5.89. The minimum atomic E-state index is -0.522. The number of hydrogen-bond donors (Lipinski definition) is 1. The Bertz CT molecular complexity index is 575. The van der Waals surface area contributed by atoms with E-state index in [1.165, 1.54) is 26.2 Å². The van der Waals surface area contributed by atoms with Gasteiger partial charge in [-0.3, -0.25) is 4.90 Å². The van der Waals surface area contributed by atoms with E-state index < -0.39 is 6.09 Å². The second-order valence-electron chi connectivity index (χ2n) is 4.73. The molecule has 0 aromatic heterocycles. The van der Waals surface area contributed by atoms with Gasteiger partial charge in [-0.05, 0) is 6.92 Å². The van der Waals surface area contributed by atoms with Crippen molar-refractivity contribution in [1.29, 1.82) is 0 Å². The smallest absolute Gasteiger partial charge is 0.414 e. The zero-order valence-electron chi connectivity index (χ0n) is 12.4. The molecule has 0 fully saturated rings. The maximum atomic E-state index is 12.0. The molecule has 116 valence electrons. The number of anilines is 1. The lowest BCUT2D eigenvalue weighted by Gasteiger charge is -2.21. The maximum Gasteiger partial charge on any atom is 0.414 e. The van der Waals surface area contributed by atoms with Crippen molar-refractivity contribution < 1.29 is 24.1 Å². The van der Waals surface area contributed by atoms with Crippen LogP contribution >= 0.6 is 11.6 Å². The van der Waals surface area contributed by atoms with Crippen LogP contribution in [0.25, 0.3) is 0 Å². The van der Waals surface area contributed by atoms with Crippen molar-refractivity contribution in [3.8, 4) is 17.2 Å². The van der Waals surface area contributed by atoms with Gasteiger partial charge in [0.05, 0.1) is 27.0 Å². The molecule has 1 heterocycles. The number of benzene rings is 1. The van der Waals surface area contributed by atoms with Crippen LogP contribution in [0, 0.1) is 6.92 Å². The first kappa shape index (κ1) is 15.6. The number of carbonyl (C=O) groups is 1. The molecule has 1 N–H and O–H groups in total. The molecule has 0 unspecified atom stereocenters. The second-order valence-corrected chi connectivity index (χ2v) is 5.04. The van der Waals surface area contributed by atoms with Crippen molar-refractivity contribution in [1.82, 2.24) is 0 Å². The quantitative estimate of drug-likeness (QED) is 0.868. The zero-order chi connectivity index (χ0) is 15.7. The van der Waals surface area contributed by atoms with Gasteiger partial charge in [-0.1, -0.05) is 0 Å². The third kappa shape index (κ3) is 2.23. The van der Waals surface area contributed by atoms with Crippen molar-refractivity contribution in [2.45, 2.75) is 12.8 Å². The Morgan fingerprint density at radius 3 is 2.43 bits per heavy atom. The lowest BCUT2D eigenvalue weighted by atomic mass is 9.98. The number of alkyl halides is 1. The highest BCUT2D eigenvalue weighted by Gasteiger charge is 2.40. The van der Waals surface area contributed by atoms with E-state index >= 15 is 0 Å². The van der Waals surface area contributed by atoms with Gasteiger partial charge in [0.15, 0.2) is 11.5 Å². The molecular weight excluding hydrogens is 298 g/mol. The van der Waals surface area contributed by atoms with E-state index in [0.29, 0.717) is 34.9 Å². The third-order valence-electron chi connectivity index (χ3n) is 3.69. The average molecular weight is 316 g/mol. The van der Waals surface area contributed by atoms with E-state index in [0.717, 1.165) is 0 Å². The number of phenols is 1. The van der Waals surface area contributed by atoms with Crippen LogP contribution in [0.4, 0.5) is 10.5 Å².